The minimum absolute atomic E-state index is 0.617. The Morgan fingerprint density at radius 3 is 3.00 bits per heavy atom. The van der Waals surface area contributed by atoms with Crippen molar-refractivity contribution in [1.82, 2.24) is 5.32 Å². The maximum Gasteiger partial charge on any atom is 0.0809 e. The molecule has 0 fully saturated rings. The van der Waals surface area contributed by atoms with Crippen molar-refractivity contribution in [3.63, 3.8) is 0 Å². The SMILES string of the molecule is CCCCCC(C)NCCOCc1cccs1. The summed E-state index contributed by atoms with van der Waals surface area (Å²) in [5, 5.41) is 5.59. The van der Waals surface area contributed by atoms with E-state index >= 15 is 0 Å². The highest BCUT2D eigenvalue weighted by molar-refractivity contribution is 7.09. The minimum atomic E-state index is 0.617. The maximum absolute atomic E-state index is 5.60. The van der Waals surface area contributed by atoms with Gasteiger partial charge >= 0.3 is 0 Å². The number of hydrogen-bond donors (Lipinski definition) is 1. The summed E-state index contributed by atoms with van der Waals surface area (Å²) in [6.07, 6.45) is 5.26. The molecule has 0 bridgehead atoms. The van der Waals surface area contributed by atoms with Gasteiger partial charge in [-0.25, -0.2) is 0 Å². The third-order valence-electron chi connectivity index (χ3n) is 2.80. The summed E-state index contributed by atoms with van der Waals surface area (Å²) in [5.41, 5.74) is 0. The van der Waals surface area contributed by atoms with Gasteiger partial charge in [0.25, 0.3) is 0 Å². The average molecular weight is 255 g/mol. The van der Waals surface area contributed by atoms with Gasteiger partial charge in [0.05, 0.1) is 13.2 Å². The maximum atomic E-state index is 5.60. The van der Waals surface area contributed by atoms with E-state index in [2.05, 4.69) is 36.7 Å². The number of hydrogen-bond acceptors (Lipinski definition) is 3. The highest BCUT2D eigenvalue weighted by atomic mass is 32.1. The monoisotopic (exact) mass is 255 g/mol. The first-order valence-corrected chi connectivity index (χ1v) is 7.54. The zero-order chi connectivity index (χ0) is 12.3. The normalized spacial score (nSPS) is 12.8. The molecule has 3 heteroatoms. The molecule has 1 unspecified atom stereocenters. The number of unbranched alkanes of at least 4 members (excludes halogenated alkanes) is 2. The largest absolute Gasteiger partial charge is 0.375 e. The Kier molecular flexibility index (Phi) is 8.32. The number of thiophene rings is 1. The molecule has 1 N–H and O–H groups in total. The number of rotatable bonds is 10. The van der Waals surface area contributed by atoms with Crippen molar-refractivity contribution in [2.45, 2.75) is 52.2 Å². The van der Waals surface area contributed by atoms with Crippen molar-refractivity contribution in [1.29, 1.82) is 0 Å². The second kappa shape index (κ2) is 9.63. The Morgan fingerprint density at radius 1 is 1.41 bits per heavy atom. The van der Waals surface area contributed by atoms with Gasteiger partial charge in [-0.2, -0.15) is 0 Å². The van der Waals surface area contributed by atoms with Crippen LogP contribution in [0, 0.1) is 0 Å². The van der Waals surface area contributed by atoms with Gasteiger partial charge in [0.2, 0.25) is 0 Å². The zero-order valence-electron chi connectivity index (χ0n) is 11.1. The number of ether oxygens (including phenoxy) is 1. The van der Waals surface area contributed by atoms with Crippen LogP contribution in [0.25, 0.3) is 0 Å². The van der Waals surface area contributed by atoms with Crippen molar-refractivity contribution < 1.29 is 4.74 Å². The molecule has 17 heavy (non-hydrogen) atoms. The molecule has 0 spiro atoms. The van der Waals surface area contributed by atoms with E-state index in [1.807, 2.05) is 0 Å². The first kappa shape index (κ1) is 14.7. The van der Waals surface area contributed by atoms with Crippen molar-refractivity contribution in [3.8, 4) is 0 Å². The Labute approximate surface area is 109 Å². The molecular formula is C14H25NOS. The van der Waals surface area contributed by atoms with Gasteiger partial charge in [-0.15, -0.1) is 11.3 Å². The smallest absolute Gasteiger partial charge is 0.0809 e. The Balaban J connectivity index is 1.89. The van der Waals surface area contributed by atoms with E-state index in [0.29, 0.717) is 6.04 Å². The van der Waals surface area contributed by atoms with E-state index in [-0.39, 0.29) is 0 Å². The van der Waals surface area contributed by atoms with Crippen LogP contribution in [0.4, 0.5) is 0 Å². The summed E-state index contributed by atoms with van der Waals surface area (Å²) < 4.78 is 5.60. The second-order valence-electron chi connectivity index (χ2n) is 4.48. The minimum Gasteiger partial charge on any atom is -0.375 e. The van der Waals surface area contributed by atoms with E-state index in [9.17, 15) is 0 Å². The molecule has 1 aromatic heterocycles. The van der Waals surface area contributed by atoms with Crippen LogP contribution in [0.1, 0.15) is 44.4 Å². The molecule has 1 aromatic rings. The predicted octanol–water partition coefficient (Wildman–Crippen LogP) is 3.82. The lowest BCUT2D eigenvalue weighted by molar-refractivity contribution is 0.123. The van der Waals surface area contributed by atoms with E-state index in [1.54, 1.807) is 11.3 Å². The lowest BCUT2D eigenvalue weighted by Gasteiger charge is -2.13. The fourth-order valence-electron chi connectivity index (χ4n) is 1.75. The summed E-state index contributed by atoms with van der Waals surface area (Å²) in [6, 6.07) is 4.80. The predicted molar refractivity (Wildman–Crippen MR) is 75.6 cm³/mol. The molecule has 0 aliphatic heterocycles. The molecule has 98 valence electrons. The second-order valence-corrected chi connectivity index (χ2v) is 5.52. The van der Waals surface area contributed by atoms with Crippen molar-refractivity contribution in [2.24, 2.45) is 0 Å². The van der Waals surface area contributed by atoms with Crippen LogP contribution in [0.5, 0.6) is 0 Å². The van der Waals surface area contributed by atoms with Gasteiger partial charge < -0.3 is 10.1 Å². The van der Waals surface area contributed by atoms with E-state index in [0.717, 1.165) is 19.8 Å². The van der Waals surface area contributed by atoms with E-state index in [4.69, 9.17) is 4.74 Å². The van der Waals surface area contributed by atoms with Crippen LogP contribution in [0.3, 0.4) is 0 Å². The summed E-state index contributed by atoms with van der Waals surface area (Å²) in [7, 11) is 0. The molecular weight excluding hydrogens is 230 g/mol. The topological polar surface area (TPSA) is 21.3 Å². The highest BCUT2D eigenvalue weighted by Crippen LogP contribution is 2.09. The quantitative estimate of drug-likeness (QED) is 0.642. The summed E-state index contributed by atoms with van der Waals surface area (Å²) in [5.74, 6) is 0. The molecule has 0 aliphatic carbocycles. The van der Waals surface area contributed by atoms with Crippen molar-refractivity contribution in [3.05, 3.63) is 22.4 Å². The van der Waals surface area contributed by atoms with Crippen LogP contribution in [0.15, 0.2) is 17.5 Å². The fraction of sp³-hybridized carbons (Fsp3) is 0.714. The van der Waals surface area contributed by atoms with Gasteiger partial charge in [-0.05, 0) is 24.8 Å². The molecule has 1 heterocycles. The highest BCUT2D eigenvalue weighted by Gasteiger charge is 2.00. The molecule has 0 aromatic carbocycles. The van der Waals surface area contributed by atoms with E-state index in [1.165, 1.54) is 30.6 Å². The summed E-state index contributed by atoms with van der Waals surface area (Å²) in [6.45, 7) is 7.02. The Morgan fingerprint density at radius 2 is 2.29 bits per heavy atom. The van der Waals surface area contributed by atoms with Crippen LogP contribution in [0.2, 0.25) is 0 Å². The molecule has 0 aliphatic rings. The molecule has 1 rings (SSSR count). The lowest BCUT2D eigenvalue weighted by atomic mass is 10.1. The fourth-order valence-corrected chi connectivity index (χ4v) is 2.39. The molecule has 0 saturated carbocycles. The zero-order valence-corrected chi connectivity index (χ0v) is 11.9. The van der Waals surface area contributed by atoms with Crippen molar-refractivity contribution >= 4 is 11.3 Å². The summed E-state index contributed by atoms with van der Waals surface area (Å²) >= 11 is 1.76. The van der Waals surface area contributed by atoms with Crippen molar-refractivity contribution in [2.75, 3.05) is 13.2 Å². The number of nitrogens with one attached hydrogen (secondary N) is 1. The first-order valence-electron chi connectivity index (χ1n) is 6.66. The van der Waals surface area contributed by atoms with Crippen LogP contribution in [-0.2, 0) is 11.3 Å². The van der Waals surface area contributed by atoms with Crippen LogP contribution >= 0.6 is 11.3 Å². The molecule has 0 saturated heterocycles. The van der Waals surface area contributed by atoms with Gasteiger partial charge in [0.15, 0.2) is 0 Å². The standard InChI is InChI=1S/C14H25NOS/c1-3-4-5-7-13(2)15-9-10-16-12-14-8-6-11-17-14/h6,8,11,13,15H,3-5,7,9-10,12H2,1-2H3. The molecule has 0 radical (unpaired) electrons. The van der Waals surface area contributed by atoms with Crippen LogP contribution < -0.4 is 5.32 Å². The summed E-state index contributed by atoms with van der Waals surface area (Å²) in [4.78, 5) is 1.31. The Bertz CT molecular complexity index is 261. The molecule has 2 nitrogen and oxygen atoms in total. The average Bonchev–Trinajstić information content (AvgIpc) is 2.82. The van der Waals surface area contributed by atoms with Gasteiger partial charge in [-0.3, -0.25) is 0 Å². The van der Waals surface area contributed by atoms with Gasteiger partial charge in [-0.1, -0.05) is 32.3 Å². The van der Waals surface area contributed by atoms with Gasteiger partial charge in [0.1, 0.15) is 0 Å². The third kappa shape index (κ3) is 7.53. The van der Waals surface area contributed by atoms with Gasteiger partial charge in [0, 0.05) is 17.5 Å². The lowest BCUT2D eigenvalue weighted by Crippen LogP contribution is -2.29. The third-order valence-corrected chi connectivity index (χ3v) is 3.65. The van der Waals surface area contributed by atoms with E-state index < -0.39 is 0 Å². The van der Waals surface area contributed by atoms with Crippen LogP contribution in [-0.4, -0.2) is 19.2 Å². The first-order chi connectivity index (χ1) is 8.33. The Hall–Kier alpha value is -0.380. The molecule has 0 amide bonds. The molecule has 1 atom stereocenters.